The van der Waals surface area contributed by atoms with Crippen molar-refractivity contribution in [3.63, 3.8) is 0 Å². The van der Waals surface area contributed by atoms with Crippen molar-refractivity contribution < 1.29 is 4.79 Å². The fraction of sp³-hybridized carbons (Fsp3) is 0.158. The summed E-state index contributed by atoms with van der Waals surface area (Å²) in [5, 5.41) is 13.0. The van der Waals surface area contributed by atoms with Crippen LogP contribution >= 0.6 is 0 Å². The van der Waals surface area contributed by atoms with Crippen LogP contribution in [0.3, 0.4) is 0 Å². The first kappa shape index (κ1) is 14.9. The van der Waals surface area contributed by atoms with Crippen molar-refractivity contribution in [3.8, 4) is 6.07 Å². The third-order valence-corrected chi connectivity index (χ3v) is 3.94. The van der Waals surface area contributed by atoms with Crippen molar-refractivity contribution in [2.75, 3.05) is 6.54 Å². The molecule has 0 bridgehead atoms. The number of amides is 1. The second-order valence-corrected chi connectivity index (χ2v) is 5.47. The molecule has 4 heteroatoms. The summed E-state index contributed by atoms with van der Waals surface area (Å²) in [6.45, 7) is 2.60. The molecule has 0 unspecified atom stereocenters. The van der Waals surface area contributed by atoms with Crippen molar-refractivity contribution in [2.24, 2.45) is 0 Å². The SMILES string of the molecule is Cc1[nH]c2ccccc2c1CCNC(=O)c1cccc(C#N)c1. The zero-order valence-corrected chi connectivity index (χ0v) is 12.9. The van der Waals surface area contributed by atoms with Gasteiger partial charge in [-0.05, 0) is 43.2 Å². The van der Waals surface area contributed by atoms with Crippen LogP contribution in [-0.2, 0) is 6.42 Å². The highest BCUT2D eigenvalue weighted by Gasteiger charge is 2.09. The molecule has 23 heavy (non-hydrogen) atoms. The predicted octanol–water partition coefficient (Wildman–Crippen LogP) is 3.32. The van der Waals surface area contributed by atoms with Gasteiger partial charge in [0.15, 0.2) is 0 Å². The summed E-state index contributed by atoms with van der Waals surface area (Å²) in [7, 11) is 0. The number of hydrogen-bond donors (Lipinski definition) is 2. The summed E-state index contributed by atoms with van der Waals surface area (Å²) in [5.41, 5.74) is 4.48. The molecule has 114 valence electrons. The van der Waals surface area contributed by atoms with Crippen LogP contribution in [-0.4, -0.2) is 17.4 Å². The molecule has 3 rings (SSSR count). The molecular formula is C19H17N3O. The van der Waals surface area contributed by atoms with Gasteiger partial charge in [0, 0.05) is 28.7 Å². The van der Waals surface area contributed by atoms with Crippen molar-refractivity contribution in [2.45, 2.75) is 13.3 Å². The Bertz CT molecular complexity index is 902. The van der Waals surface area contributed by atoms with Crippen LogP contribution in [0.15, 0.2) is 48.5 Å². The molecule has 0 atom stereocenters. The molecule has 0 fully saturated rings. The Hall–Kier alpha value is -3.06. The van der Waals surface area contributed by atoms with E-state index in [1.807, 2.05) is 25.1 Å². The number of benzene rings is 2. The molecule has 0 saturated heterocycles. The van der Waals surface area contributed by atoms with Gasteiger partial charge in [0.25, 0.3) is 5.91 Å². The molecule has 1 amide bonds. The lowest BCUT2D eigenvalue weighted by Gasteiger charge is -2.06. The molecule has 4 nitrogen and oxygen atoms in total. The maximum Gasteiger partial charge on any atom is 0.251 e. The van der Waals surface area contributed by atoms with Crippen LogP contribution in [0.25, 0.3) is 10.9 Å². The smallest absolute Gasteiger partial charge is 0.251 e. The number of aromatic nitrogens is 1. The van der Waals surface area contributed by atoms with E-state index in [0.29, 0.717) is 17.7 Å². The first-order valence-electron chi connectivity index (χ1n) is 7.53. The van der Waals surface area contributed by atoms with Gasteiger partial charge in [-0.2, -0.15) is 5.26 Å². The Morgan fingerprint density at radius 1 is 1.22 bits per heavy atom. The molecule has 3 aromatic rings. The average molecular weight is 303 g/mol. The van der Waals surface area contributed by atoms with Gasteiger partial charge >= 0.3 is 0 Å². The van der Waals surface area contributed by atoms with E-state index in [0.717, 1.165) is 17.6 Å². The fourth-order valence-electron chi connectivity index (χ4n) is 2.79. The minimum atomic E-state index is -0.153. The van der Waals surface area contributed by atoms with Crippen LogP contribution in [0.1, 0.15) is 27.2 Å². The second-order valence-electron chi connectivity index (χ2n) is 5.47. The molecular weight excluding hydrogens is 286 g/mol. The molecule has 2 N–H and O–H groups in total. The number of nitriles is 1. The number of carbonyl (C=O) groups excluding carboxylic acids is 1. The van der Waals surface area contributed by atoms with E-state index in [1.165, 1.54) is 10.9 Å². The Morgan fingerprint density at radius 2 is 2.04 bits per heavy atom. The largest absolute Gasteiger partial charge is 0.358 e. The molecule has 0 aliphatic rings. The van der Waals surface area contributed by atoms with Crippen molar-refractivity contribution in [3.05, 3.63) is 70.9 Å². The van der Waals surface area contributed by atoms with Gasteiger partial charge in [0.2, 0.25) is 0 Å². The van der Waals surface area contributed by atoms with Crippen molar-refractivity contribution >= 4 is 16.8 Å². The van der Waals surface area contributed by atoms with E-state index in [4.69, 9.17) is 5.26 Å². The fourth-order valence-corrected chi connectivity index (χ4v) is 2.79. The van der Waals surface area contributed by atoms with Crippen molar-refractivity contribution in [1.29, 1.82) is 5.26 Å². The lowest BCUT2D eigenvalue weighted by molar-refractivity contribution is 0.0954. The summed E-state index contributed by atoms with van der Waals surface area (Å²) >= 11 is 0. The summed E-state index contributed by atoms with van der Waals surface area (Å²) in [4.78, 5) is 15.5. The van der Waals surface area contributed by atoms with E-state index in [9.17, 15) is 4.79 Å². The van der Waals surface area contributed by atoms with Crippen LogP contribution in [0.5, 0.6) is 0 Å². The monoisotopic (exact) mass is 303 g/mol. The minimum Gasteiger partial charge on any atom is -0.358 e. The molecule has 1 aromatic heterocycles. The maximum absolute atomic E-state index is 12.2. The van der Waals surface area contributed by atoms with Crippen molar-refractivity contribution in [1.82, 2.24) is 10.3 Å². The summed E-state index contributed by atoms with van der Waals surface area (Å²) in [6.07, 6.45) is 0.763. The number of H-pyrrole nitrogens is 1. The average Bonchev–Trinajstić information content (AvgIpc) is 2.90. The third-order valence-electron chi connectivity index (χ3n) is 3.94. The third kappa shape index (κ3) is 3.09. The zero-order valence-electron chi connectivity index (χ0n) is 12.9. The Morgan fingerprint density at radius 3 is 2.87 bits per heavy atom. The summed E-state index contributed by atoms with van der Waals surface area (Å²) in [6, 6.07) is 16.9. The lowest BCUT2D eigenvalue weighted by Crippen LogP contribution is -2.25. The molecule has 1 heterocycles. The quantitative estimate of drug-likeness (QED) is 0.776. The Balaban J connectivity index is 1.68. The number of nitrogens with one attached hydrogen (secondary N) is 2. The summed E-state index contributed by atoms with van der Waals surface area (Å²) < 4.78 is 0. The standard InChI is InChI=1S/C19H17N3O/c1-13-16(17-7-2-3-8-18(17)22-13)9-10-21-19(23)15-6-4-5-14(11-15)12-20/h2-8,11,22H,9-10H2,1H3,(H,21,23). The molecule has 0 saturated carbocycles. The topological polar surface area (TPSA) is 68.7 Å². The van der Waals surface area contributed by atoms with Gasteiger partial charge in [-0.25, -0.2) is 0 Å². The van der Waals surface area contributed by atoms with Crippen LogP contribution in [0.4, 0.5) is 0 Å². The number of fused-ring (bicyclic) bond motifs is 1. The molecule has 2 aromatic carbocycles. The first-order chi connectivity index (χ1) is 11.2. The lowest BCUT2D eigenvalue weighted by atomic mass is 10.1. The number of carbonyl (C=O) groups is 1. The number of rotatable bonds is 4. The van der Waals surface area contributed by atoms with Gasteiger partial charge in [-0.3, -0.25) is 4.79 Å². The Labute approximate surface area is 134 Å². The van der Waals surface area contributed by atoms with Gasteiger partial charge < -0.3 is 10.3 Å². The molecule has 0 spiro atoms. The van der Waals surface area contributed by atoms with Crippen LogP contribution < -0.4 is 5.32 Å². The molecule has 0 radical (unpaired) electrons. The maximum atomic E-state index is 12.2. The first-order valence-corrected chi connectivity index (χ1v) is 7.53. The number of nitrogens with zero attached hydrogens (tertiary/aromatic N) is 1. The van der Waals surface area contributed by atoms with Crippen LogP contribution in [0.2, 0.25) is 0 Å². The highest BCUT2D eigenvalue weighted by molar-refractivity contribution is 5.94. The number of aromatic amines is 1. The minimum absolute atomic E-state index is 0.153. The van der Waals surface area contributed by atoms with E-state index in [-0.39, 0.29) is 5.91 Å². The van der Waals surface area contributed by atoms with Gasteiger partial charge in [0.1, 0.15) is 0 Å². The van der Waals surface area contributed by atoms with E-state index < -0.39 is 0 Å². The highest BCUT2D eigenvalue weighted by atomic mass is 16.1. The molecule has 0 aliphatic heterocycles. The number of aryl methyl sites for hydroxylation is 1. The predicted molar refractivity (Wildman–Crippen MR) is 90.2 cm³/mol. The number of para-hydroxylation sites is 1. The summed E-state index contributed by atoms with van der Waals surface area (Å²) in [5.74, 6) is -0.153. The van der Waals surface area contributed by atoms with Crippen LogP contribution in [0, 0.1) is 18.3 Å². The number of hydrogen-bond acceptors (Lipinski definition) is 2. The highest BCUT2D eigenvalue weighted by Crippen LogP contribution is 2.21. The van der Waals surface area contributed by atoms with Gasteiger partial charge in [-0.15, -0.1) is 0 Å². The normalized spacial score (nSPS) is 10.4. The Kier molecular flexibility index (Phi) is 4.11. The molecule has 0 aliphatic carbocycles. The van der Waals surface area contributed by atoms with Gasteiger partial charge in [-0.1, -0.05) is 24.3 Å². The van der Waals surface area contributed by atoms with E-state index >= 15 is 0 Å². The zero-order chi connectivity index (χ0) is 16.2. The van der Waals surface area contributed by atoms with E-state index in [1.54, 1.807) is 24.3 Å². The second kappa shape index (κ2) is 6.37. The van der Waals surface area contributed by atoms with Gasteiger partial charge in [0.05, 0.1) is 11.6 Å². The van der Waals surface area contributed by atoms with E-state index in [2.05, 4.69) is 22.4 Å².